The largest absolute Gasteiger partial charge is 0.433 e. The molecule has 0 fully saturated rings. The molecule has 4 aromatic rings. The molecule has 2 aromatic heterocycles. The van der Waals surface area contributed by atoms with Gasteiger partial charge in [0.25, 0.3) is 0 Å². The van der Waals surface area contributed by atoms with E-state index >= 15 is 0 Å². The highest BCUT2D eigenvalue weighted by Gasteiger charge is 2.36. The van der Waals surface area contributed by atoms with Crippen LogP contribution in [0.15, 0.2) is 61.3 Å². The quantitative estimate of drug-likeness (QED) is 0.425. The zero-order chi connectivity index (χ0) is 22.5. The Morgan fingerprint density at radius 1 is 1.12 bits per heavy atom. The first-order valence-corrected chi connectivity index (χ1v) is 10.4. The van der Waals surface area contributed by atoms with Crippen molar-refractivity contribution in [2.75, 3.05) is 11.4 Å². The van der Waals surface area contributed by atoms with E-state index in [0.29, 0.717) is 13.0 Å². The second-order valence-electron chi connectivity index (χ2n) is 8.02. The number of alkyl halides is 3. The van der Waals surface area contributed by atoms with E-state index in [4.69, 9.17) is 0 Å². The minimum atomic E-state index is -4.53. The lowest BCUT2D eigenvalue weighted by Gasteiger charge is -2.36. The second kappa shape index (κ2) is 7.51. The molecule has 4 nitrogen and oxygen atoms in total. The Labute approximate surface area is 183 Å². The molecule has 1 N–H and O–H groups in total. The molecule has 5 rings (SSSR count). The fraction of sp³-hybridized carbons (Fsp3) is 0.200. The number of aryl methyl sites for hydroxylation is 1. The van der Waals surface area contributed by atoms with E-state index < -0.39 is 11.9 Å². The highest BCUT2D eigenvalue weighted by atomic mass is 19.4. The van der Waals surface area contributed by atoms with Gasteiger partial charge < -0.3 is 9.88 Å². The Hall–Kier alpha value is -3.61. The molecule has 7 heteroatoms. The molecule has 3 heterocycles. The first kappa shape index (κ1) is 20.3. The van der Waals surface area contributed by atoms with Gasteiger partial charge in [-0.05, 0) is 48.2 Å². The van der Waals surface area contributed by atoms with Gasteiger partial charge in [-0.25, -0.2) is 9.97 Å². The van der Waals surface area contributed by atoms with Gasteiger partial charge in [-0.1, -0.05) is 48.6 Å². The maximum atomic E-state index is 13.3. The predicted molar refractivity (Wildman–Crippen MR) is 119 cm³/mol. The van der Waals surface area contributed by atoms with Crippen LogP contribution in [-0.2, 0) is 12.6 Å². The Bertz CT molecular complexity index is 1310. The van der Waals surface area contributed by atoms with Crippen LogP contribution < -0.4 is 4.90 Å². The van der Waals surface area contributed by atoms with Crippen LogP contribution in [0.4, 0.5) is 19.1 Å². The highest BCUT2D eigenvalue weighted by molar-refractivity contribution is 5.87. The summed E-state index contributed by atoms with van der Waals surface area (Å²) < 4.78 is 40.0. The van der Waals surface area contributed by atoms with Gasteiger partial charge in [-0.2, -0.15) is 13.2 Å². The number of benzene rings is 2. The zero-order valence-electron chi connectivity index (χ0n) is 17.4. The maximum absolute atomic E-state index is 13.3. The van der Waals surface area contributed by atoms with Crippen LogP contribution in [0.3, 0.4) is 0 Å². The van der Waals surface area contributed by atoms with Crippen molar-refractivity contribution in [3.8, 4) is 0 Å². The van der Waals surface area contributed by atoms with Crippen molar-refractivity contribution in [2.24, 2.45) is 0 Å². The van der Waals surface area contributed by atoms with Gasteiger partial charge in [-0.3, -0.25) is 0 Å². The third-order valence-corrected chi connectivity index (χ3v) is 5.97. The lowest BCUT2D eigenvalue weighted by molar-refractivity contribution is -0.141. The Balaban J connectivity index is 1.69. The van der Waals surface area contributed by atoms with Crippen LogP contribution in [0.2, 0.25) is 0 Å². The van der Waals surface area contributed by atoms with Crippen LogP contribution in [0.5, 0.6) is 0 Å². The average molecular weight is 434 g/mol. The number of nitrogens with zero attached hydrogens (tertiary/aromatic N) is 3. The number of hydrogen-bond acceptors (Lipinski definition) is 3. The summed E-state index contributed by atoms with van der Waals surface area (Å²) in [6.07, 6.45) is -0.881. The summed E-state index contributed by atoms with van der Waals surface area (Å²) >= 11 is 0. The van der Waals surface area contributed by atoms with Gasteiger partial charge in [0.05, 0.1) is 6.04 Å². The van der Waals surface area contributed by atoms with Gasteiger partial charge in [0.15, 0.2) is 0 Å². The molecule has 0 saturated carbocycles. The summed E-state index contributed by atoms with van der Waals surface area (Å²) in [6, 6.07) is 14.7. The fourth-order valence-electron chi connectivity index (χ4n) is 4.39. The van der Waals surface area contributed by atoms with Crippen LogP contribution in [0, 0.1) is 6.92 Å². The molecule has 0 bridgehead atoms. The zero-order valence-corrected chi connectivity index (χ0v) is 17.4. The van der Waals surface area contributed by atoms with Gasteiger partial charge in [0, 0.05) is 29.3 Å². The monoisotopic (exact) mass is 434 g/mol. The van der Waals surface area contributed by atoms with Crippen molar-refractivity contribution in [1.82, 2.24) is 15.0 Å². The summed E-state index contributed by atoms with van der Waals surface area (Å²) in [5, 5.41) is 1.11. The van der Waals surface area contributed by atoms with Gasteiger partial charge in [0.1, 0.15) is 5.69 Å². The van der Waals surface area contributed by atoms with E-state index in [-0.39, 0.29) is 12.0 Å². The maximum Gasteiger partial charge on any atom is 0.433 e. The number of aromatic nitrogens is 3. The van der Waals surface area contributed by atoms with Crippen molar-refractivity contribution in [2.45, 2.75) is 25.6 Å². The van der Waals surface area contributed by atoms with E-state index in [1.807, 2.05) is 54.3 Å². The number of anilines is 1. The van der Waals surface area contributed by atoms with Crippen molar-refractivity contribution in [1.29, 1.82) is 0 Å². The fourth-order valence-corrected chi connectivity index (χ4v) is 4.39. The van der Waals surface area contributed by atoms with Crippen molar-refractivity contribution >= 4 is 22.9 Å². The van der Waals surface area contributed by atoms with Crippen molar-refractivity contribution in [3.05, 3.63) is 94.9 Å². The second-order valence-corrected chi connectivity index (χ2v) is 8.02. The van der Waals surface area contributed by atoms with E-state index in [1.165, 1.54) is 6.20 Å². The smallest absolute Gasteiger partial charge is 0.356 e. The number of rotatable bonds is 3. The number of hydrogen-bond donors (Lipinski definition) is 1. The number of H-pyrrole nitrogens is 1. The minimum absolute atomic E-state index is 0.0708. The summed E-state index contributed by atoms with van der Waals surface area (Å²) in [5.74, 6) is 0.0708. The van der Waals surface area contributed by atoms with Crippen LogP contribution in [0.1, 0.15) is 39.7 Å². The molecule has 0 aliphatic carbocycles. The topological polar surface area (TPSA) is 44.8 Å². The Kier molecular flexibility index (Phi) is 4.77. The minimum Gasteiger partial charge on any atom is -0.356 e. The lowest BCUT2D eigenvalue weighted by atomic mass is 9.92. The standard InChI is InChI=1S/C25H21F3N4/c1-3-16-6-9-20-19(14-16)18-11-13-32(24-29-12-10-21(31-24)25(26,27)28)23(22(18)30-20)17-7-4-15(2)5-8-17/h3-10,12,14,23,30H,1,11,13H2,2H3. The first-order chi connectivity index (χ1) is 15.3. The molecule has 1 unspecified atom stereocenters. The SMILES string of the molecule is C=Cc1ccc2[nH]c3c(c2c1)CCN(c1nccc(C(F)(F)F)n1)C3c1ccc(C)cc1. The summed E-state index contributed by atoms with van der Waals surface area (Å²) in [7, 11) is 0. The molecular formula is C25H21F3N4. The summed E-state index contributed by atoms with van der Waals surface area (Å²) in [5.41, 5.74) is 5.27. The Morgan fingerprint density at radius 2 is 1.91 bits per heavy atom. The van der Waals surface area contributed by atoms with Crippen LogP contribution in [0.25, 0.3) is 17.0 Å². The molecule has 2 aromatic carbocycles. The van der Waals surface area contributed by atoms with Crippen molar-refractivity contribution in [3.63, 3.8) is 0 Å². The number of halogens is 3. The molecular weight excluding hydrogens is 413 g/mol. The van der Waals surface area contributed by atoms with E-state index in [0.717, 1.165) is 44.9 Å². The van der Waals surface area contributed by atoms with Crippen LogP contribution >= 0.6 is 0 Å². The van der Waals surface area contributed by atoms with Gasteiger partial charge >= 0.3 is 6.18 Å². The molecule has 1 atom stereocenters. The van der Waals surface area contributed by atoms with Gasteiger partial charge in [0.2, 0.25) is 5.95 Å². The lowest BCUT2D eigenvalue weighted by Crippen LogP contribution is -2.37. The third-order valence-electron chi connectivity index (χ3n) is 5.97. The molecule has 162 valence electrons. The van der Waals surface area contributed by atoms with E-state index in [1.54, 1.807) is 0 Å². The number of nitrogens with one attached hydrogen (secondary N) is 1. The molecule has 32 heavy (non-hydrogen) atoms. The average Bonchev–Trinajstić information content (AvgIpc) is 3.16. The Morgan fingerprint density at radius 3 is 2.62 bits per heavy atom. The molecule has 0 radical (unpaired) electrons. The first-order valence-electron chi connectivity index (χ1n) is 10.4. The van der Waals surface area contributed by atoms with Crippen LogP contribution in [-0.4, -0.2) is 21.5 Å². The van der Waals surface area contributed by atoms with E-state index in [2.05, 4.69) is 27.6 Å². The van der Waals surface area contributed by atoms with Gasteiger partial charge in [-0.15, -0.1) is 0 Å². The highest BCUT2D eigenvalue weighted by Crippen LogP contribution is 2.40. The molecule has 1 aliphatic rings. The molecule has 1 aliphatic heterocycles. The molecule has 0 spiro atoms. The van der Waals surface area contributed by atoms with E-state index in [9.17, 15) is 13.2 Å². The number of aromatic amines is 1. The van der Waals surface area contributed by atoms with Crippen molar-refractivity contribution < 1.29 is 13.2 Å². The normalized spacial score (nSPS) is 16.2. The number of fused-ring (bicyclic) bond motifs is 3. The molecule has 0 amide bonds. The predicted octanol–water partition coefficient (Wildman–Crippen LogP) is 6.08. The summed E-state index contributed by atoms with van der Waals surface area (Å²) in [6.45, 7) is 6.36. The molecule has 0 saturated heterocycles. The summed E-state index contributed by atoms with van der Waals surface area (Å²) in [4.78, 5) is 13.5. The third kappa shape index (κ3) is 3.43.